The lowest BCUT2D eigenvalue weighted by Crippen LogP contribution is -2.54. The Labute approximate surface area is 164 Å². The molecular weight excluding hydrogens is 360 g/mol. The van der Waals surface area contributed by atoms with Gasteiger partial charge in [-0.3, -0.25) is 4.79 Å². The van der Waals surface area contributed by atoms with Crippen LogP contribution in [-0.4, -0.2) is 44.8 Å². The number of anilines is 2. The predicted molar refractivity (Wildman–Crippen MR) is 106 cm³/mol. The molecule has 28 heavy (non-hydrogen) atoms. The van der Waals surface area contributed by atoms with E-state index in [1.807, 2.05) is 38.1 Å². The second-order valence-corrected chi connectivity index (χ2v) is 6.90. The van der Waals surface area contributed by atoms with Crippen LogP contribution in [0.5, 0.6) is 11.5 Å². The summed E-state index contributed by atoms with van der Waals surface area (Å²) in [6.07, 6.45) is 0. The van der Waals surface area contributed by atoms with Gasteiger partial charge >= 0.3 is 5.97 Å². The van der Waals surface area contributed by atoms with Crippen molar-refractivity contribution in [3.05, 3.63) is 48.0 Å². The summed E-state index contributed by atoms with van der Waals surface area (Å²) in [5.74, 6) is 0.0877. The summed E-state index contributed by atoms with van der Waals surface area (Å²) < 4.78 is 15.9. The molecule has 0 bridgehead atoms. The first-order valence-electron chi connectivity index (χ1n) is 8.96. The zero-order valence-corrected chi connectivity index (χ0v) is 16.4. The maximum atomic E-state index is 12.8. The minimum Gasteiger partial charge on any atom is -0.496 e. The molecule has 0 spiro atoms. The number of fused-ring (bicyclic) bond motifs is 1. The zero-order chi connectivity index (χ0) is 20.3. The van der Waals surface area contributed by atoms with E-state index >= 15 is 0 Å². The Kier molecular flexibility index (Phi) is 5.44. The molecule has 0 unspecified atom stereocenters. The molecule has 0 saturated heterocycles. The van der Waals surface area contributed by atoms with Crippen molar-refractivity contribution in [1.82, 2.24) is 0 Å². The van der Waals surface area contributed by atoms with E-state index in [4.69, 9.17) is 14.2 Å². The molecule has 1 N–H and O–H groups in total. The van der Waals surface area contributed by atoms with Crippen LogP contribution in [0.4, 0.5) is 11.4 Å². The fraction of sp³-hybridized carbons (Fsp3) is 0.333. The molecule has 1 aliphatic rings. The van der Waals surface area contributed by atoms with Gasteiger partial charge in [0.1, 0.15) is 29.2 Å². The average Bonchev–Trinajstić information content (AvgIpc) is 2.69. The quantitative estimate of drug-likeness (QED) is 0.772. The molecule has 0 aromatic heterocycles. The lowest BCUT2D eigenvalue weighted by molar-refractivity contribution is -0.122. The summed E-state index contributed by atoms with van der Waals surface area (Å²) in [6.45, 7) is 3.92. The number of carbonyl (C=O) groups is 2. The van der Waals surface area contributed by atoms with Crippen molar-refractivity contribution in [3.63, 3.8) is 0 Å². The van der Waals surface area contributed by atoms with E-state index in [0.717, 1.165) is 11.4 Å². The van der Waals surface area contributed by atoms with Crippen LogP contribution in [0, 0.1) is 0 Å². The van der Waals surface area contributed by atoms with Gasteiger partial charge in [-0.1, -0.05) is 18.2 Å². The van der Waals surface area contributed by atoms with Gasteiger partial charge < -0.3 is 24.4 Å². The number of carbonyl (C=O) groups excluding carboxylic acids is 2. The fourth-order valence-electron chi connectivity index (χ4n) is 3.23. The number of nitrogens with one attached hydrogen (secondary N) is 1. The number of ether oxygens (including phenoxy) is 3. The number of nitrogens with zero attached hydrogens (tertiary/aromatic N) is 1. The SMILES string of the molecule is COc1cccc(OC)c1C(=O)OCCN1C(=O)C(C)(C)Nc2ccccc21. The highest BCUT2D eigenvalue weighted by atomic mass is 16.5. The van der Waals surface area contributed by atoms with Crippen molar-refractivity contribution in [2.75, 3.05) is 37.6 Å². The van der Waals surface area contributed by atoms with Crippen molar-refractivity contribution in [2.45, 2.75) is 19.4 Å². The Bertz CT molecular complexity index is 872. The summed E-state index contributed by atoms with van der Waals surface area (Å²) in [4.78, 5) is 27.1. The van der Waals surface area contributed by atoms with E-state index in [2.05, 4.69) is 5.32 Å². The molecule has 148 valence electrons. The van der Waals surface area contributed by atoms with Crippen LogP contribution in [0.2, 0.25) is 0 Å². The van der Waals surface area contributed by atoms with Crippen LogP contribution in [0.3, 0.4) is 0 Å². The van der Waals surface area contributed by atoms with Gasteiger partial charge in [-0.25, -0.2) is 4.79 Å². The van der Waals surface area contributed by atoms with Crippen LogP contribution in [0.1, 0.15) is 24.2 Å². The van der Waals surface area contributed by atoms with Gasteiger partial charge in [0, 0.05) is 0 Å². The van der Waals surface area contributed by atoms with E-state index in [0.29, 0.717) is 11.5 Å². The lowest BCUT2D eigenvalue weighted by Gasteiger charge is -2.39. The first-order chi connectivity index (χ1) is 13.4. The van der Waals surface area contributed by atoms with Crippen LogP contribution in [0.15, 0.2) is 42.5 Å². The molecule has 0 radical (unpaired) electrons. The summed E-state index contributed by atoms with van der Waals surface area (Å²) in [5.41, 5.74) is 1.10. The molecule has 1 amide bonds. The van der Waals surface area contributed by atoms with Crippen LogP contribution < -0.4 is 19.7 Å². The van der Waals surface area contributed by atoms with Gasteiger partial charge in [0.25, 0.3) is 5.91 Å². The minimum absolute atomic E-state index is 0.0379. The number of para-hydroxylation sites is 2. The van der Waals surface area contributed by atoms with Crippen LogP contribution in [-0.2, 0) is 9.53 Å². The Morgan fingerprint density at radius 2 is 1.68 bits per heavy atom. The number of hydrogen-bond acceptors (Lipinski definition) is 6. The van der Waals surface area contributed by atoms with Gasteiger partial charge in [0.15, 0.2) is 0 Å². The molecule has 2 aromatic carbocycles. The molecule has 2 aromatic rings. The second kappa shape index (κ2) is 7.80. The number of hydrogen-bond donors (Lipinski definition) is 1. The zero-order valence-electron chi connectivity index (χ0n) is 16.4. The van der Waals surface area contributed by atoms with Crippen LogP contribution >= 0.6 is 0 Å². The Morgan fingerprint density at radius 1 is 1.04 bits per heavy atom. The number of amides is 1. The van der Waals surface area contributed by atoms with E-state index in [1.54, 1.807) is 23.1 Å². The predicted octanol–water partition coefficient (Wildman–Crippen LogP) is 3.10. The van der Waals surface area contributed by atoms with Gasteiger partial charge in [0.2, 0.25) is 0 Å². The highest BCUT2D eigenvalue weighted by molar-refractivity contribution is 6.07. The summed E-state index contributed by atoms with van der Waals surface area (Å²) in [5, 5.41) is 3.24. The van der Waals surface area contributed by atoms with Crippen molar-refractivity contribution in [2.24, 2.45) is 0 Å². The molecule has 7 heteroatoms. The Morgan fingerprint density at radius 3 is 2.32 bits per heavy atom. The first-order valence-corrected chi connectivity index (χ1v) is 8.96. The Balaban J connectivity index is 1.75. The van der Waals surface area contributed by atoms with E-state index < -0.39 is 11.5 Å². The largest absolute Gasteiger partial charge is 0.496 e. The molecule has 0 aliphatic carbocycles. The molecule has 1 aliphatic heterocycles. The molecule has 0 fully saturated rings. The molecule has 0 atom stereocenters. The minimum atomic E-state index is -0.746. The standard InChI is InChI=1S/C21H24N2O5/c1-21(2)20(25)23(15-9-6-5-8-14(15)22-21)12-13-28-19(24)18-16(26-3)10-7-11-17(18)27-4/h5-11,22H,12-13H2,1-4H3. The summed E-state index contributed by atoms with van der Waals surface area (Å²) in [6, 6.07) is 12.6. The number of esters is 1. The van der Waals surface area contributed by atoms with Crippen molar-refractivity contribution in [1.29, 1.82) is 0 Å². The monoisotopic (exact) mass is 384 g/mol. The summed E-state index contributed by atoms with van der Waals surface area (Å²) in [7, 11) is 2.95. The lowest BCUT2D eigenvalue weighted by atomic mass is 9.98. The van der Waals surface area contributed by atoms with Crippen molar-refractivity contribution in [3.8, 4) is 11.5 Å². The number of benzene rings is 2. The van der Waals surface area contributed by atoms with E-state index in [9.17, 15) is 9.59 Å². The van der Waals surface area contributed by atoms with Gasteiger partial charge in [-0.15, -0.1) is 0 Å². The summed E-state index contributed by atoms with van der Waals surface area (Å²) >= 11 is 0. The highest BCUT2D eigenvalue weighted by Crippen LogP contribution is 2.35. The highest BCUT2D eigenvalue weighted by Gasteiger charge is 2.38. The molecule has 7 nitrogen and oxygen atoms in total. The Hall–Kier alpha value is -3.22. The molecule has 0 saturated carbocycles. The molecule has 1 heterocycles. The van der Waals surface area contributed by atoms with Crippen molar-refractivity contribution >= 4 is 23.3 Å². The molecular formula is C21H24N2O5. The topological polar surface area (TPSA) is 77.1 Å². The number of methoxy groups -OCH3 is 2. The third-order valence-corrected chi connectivity index (χ3v) is 4.60. The normalized spacial score (nSPS) is 14.7. The maximum absolute atomic E-state index is 12.8. The molecule has 3 rings (SSSR count). The first kappa shape index (κ1) is 19.5. The van der Waals surface area contributed by atoms with Crippen LogP contribution in [0.25, 0.3) is 0 Å². The smallest absolute Gasteiger partial charge is 0.345 e. The van der Waals surface area contributed by atoms with Gasteiger partial charge in [-0.2, -0.15) is 0 Å². The number of rotatable bonds is 6. The van der Waals surface area contributed by atoms with E-state index in [-0.39, 0.29) is 24.6 Å². The fourth-order valence-corrected chi connectivity index (χ4v) is 3.23. The third kappa shape index (κ3) is 3.60. The van der Waals surface area contributed by atoms with Gasteiger partial charge in [-0.05, 0) is 38.1 Å². The van der Waals surface area contributed by atoms with Gasteiger partial charge in [0.05, 0.1) is 32.1 Å². The third-order valence-electron chi connectivity index (χ3n) is 4.60. The van der Waals surface area contributed by atoms with Crippen molar-refractivity contribution < 1.29 is 23.8 Å². The second-order valence-electron chi connectivity index (χ2n) is 6.90. The average molecular weight is 384 g/mol. The maximum Gasteiger partial charge on any atom is 0.345 e. The van der Waals surface area contributed by atoms with E-state index in [1.165, 1.54) is 14.2 Å².